The Kier molecular flexibility index (Phi) is 4.79. The summed E-state index contributed by atoms with van der Waals surface area (Å²) in [6.45, 7) is 3.72. The van der Waals surface area contributed by atoms with Gasteiger partial charge in [-0.2, -0.15) is 5.26 Å². The number of rotatable bonds is 3. The normalized spacial score (nSPS) is 23.3. The van der Waals surface area contributed by atoms with Crippen LogP contribution in [0.25, 0.3) is 5.57 Å². The Hall–Kier alpha value is -0.860. The number of nitriles is 1. The van der Waals surface area contributed by atoms with Crippen LogP contribution in [0.1, 0.15) is 36.5 Å². The number of benzene rings is 1. The molecule has 1 aliphatic rings. The molecule has 0 radical (unpaired) electrons. The number of halogens is 1. The highest BCUT2D eigenvalue weighted by Crippen LogP contribution is 2.32. The maximum absolute atomic E-state index is 8.80. The second-order valence-corrected chi connectivity index (χ2v) is 5.43. The molecule has 0 N–H and O–H groups in total. The van der Waals surface area contributed by atoms with Gasteiger partial charge in [-0.05, 0) is 30.4 Å². The first-order valence-corrected chi connectivity index (χ1v) is 7.68. The molecule has 2 nitrogen and oxygen atoms in total. The van der Waals surface area contributed by atoms with Crippen LogP contribution in [0.2, 0.25) is 0 Å². The van der Waals surface area contributed by atoms with Crippen LogP contribution in [-0.2, 0) is 4.74 Å². The molecule has 0 aliphatic carbocycles. The van der Waals surface area contributed by atoms with Crippen molar-refractivity contribution in [2.75, 3.05) is 4.43 Å². The van der Waals surface area contributed by atoms with Crippen LogP contribution in [-0.4, -0.2) is 10.5 Å². The molecule has 2 atom stereocenters. The summed E-state index contributed by atoms with van der Waals surface area (Å²) in [5.74, 6) is 0. The van der Waals surface area contributed by atoms with E-state index in [4.69, 9.17) is 10.00 Å². The van der Waals surface area contributed by atoms with Gasteiger partial charge in [-0.1, -0.05) is 53.4 Å². The zero-order valence-corrected chi connectivity index (χ0v) is 12.4. The second kappa shape index (κ2) is 6.35. The smallest absolute Gasteiger partial charge is 0.0991 e. The lowest BCUT2D eigenvalue weighted by atomic mass is 9.97. The molecule has 1 aromatic rings. The van der Waals surface area contributed by atoms with Gasteiger partial charge in [-0.25, -0.2) is 0 Å². The molecule has 3 heteroatoms. The molecule has 1 aromatic carbocycles. The van der Waals surface area contributed by atoms with E-state index in [1.165, 1.54) is 18.4 Å². The average Bonchev–Trinajstić information content (AvgIpc) is 2.46. The Morgan fingerprint density at radius 2 is 2.11 bits per heavy atom. The highest BCUT2D eigenvalue weighted by molar-refractivity contribution is 14.1. The zero-order chi connectivity index (χ0) is 13.0. The monoisotopic (exact) mass is 353 g/mol. The maximum Gasteiger partial charge on any atom is 0.0991 e. The van der Waals surface area contributed by atoms with Gasteiger partial charge in [-0.15, -0.1) is 0 Å². The Bertz CT molecular complexity index is 460. The van der Waals surface area contributed by atoms with Crippen LogP contribution in [0.3, 0.4) is 0 Å². The highest BCUT2D eigenvalue weighted by atomic mass is 127. The number of hydrogen-bond donors (Lipinski definition) is 0. The van der Waals surface area contributed by atoms with Gasteiger partial charge < -0.3 is 4.74 Å². The van der Waals surface area contributed by atoms with Crippen LogP contribution in [0.4, 0.5) is 0 Å². The quantitative estimate of drug-likeness (QED) is 0.462. The van der Waals surface area contributed by atoms with Gasteiger partial charge in [0.2, 0.25) is 0 Å². The minimum atomic E-state index is 0.211. The molecular weight excluding hydrogens is 337 g/mol. The predicted molar refractivity (Wildman–Crippen MR) is 81.4 cm³/mol. The average molecular weight is 353 g/mol. The lowest BCUT2D eigenvalue weighted by Gasteiger charge is -2.29. The molecule has 1 fully saturated rings. The molecule has 0 saturated carbocycles. The summed E-state index contributed by atoms with van der Waals surface area (Å²) in [5, 5.41) is 8.80. The molecule has 0 amide bonds. The lowest BCUT2D eigenvalue weighted by Crippen LogP contribution is -2.23. The van der Waals surface area contributed by atoms with Crippen molar-refractivity contribution in [2.45, 2.75) is 31.5 Å². The van der Waals surface area contributed by atoms with E-state index in [0.717, 1.165) is 16.4 Å². The minimum absolute atomic E-state index is 0.211. The summed E-state index contributed by atoms with van der Waals surface area (Å²) in [6, 6.07) is 10.1. The van der Waals surface area contributed by atoms with E-state index in [-0.39, 0.29) is 6.10 Å². The zero-order valence-electron chi connectivity index (χ0n) is 10.2. The van der Waals surface area contributed by atoms with Crippen molar-refractivity contribution in [1.82, 2.24) is 0 Å². The van der Waals surface area contributed by atoms with Crippen LogP contribution in [0.5, 0.6) is 0 Å². The number of ether oxygens (including phenoxy) is 1. The largest absolute Gasteiger partial charge is 0.370 e. The molecule has 2 unspecified atom stereocenters. The number of nitrogens with zero attached hydrogens (tertiary/aromatic N) is 1. The van der Waals surface area contributed by atoms with Crippen molar-refractivity contribution < 1.29 is 4.74 Å². The molecule has 94 valence electrons. The van der Waals surface area contributed by atoms with Crippen molar-refractivity contribution in [3.63, 3.8) is 0 Å². The summed E-state index contributed by atoms with van der Waals surface area (Å²) < 4.78 is 7.11. The first kappa shape index (κ1) is 13.6. The van der Waals surface area contributed by atoms with Crippen molar-refractivity contribution in [3.8, 4) is 6.07 Å². The van der Waals surface area contributed by atoms with E-state index in [2.05, 4.69) is 47.4 Å². The summed E-state index contributed by atoms with van der Waals surface area (Å²) in [5.41, 5.74) is 2.61. The Balaban J connectivity index is 2.10. The van der Waals surface area contributed by atoms with Gasteiger partial charge in [0.15, 0.2) is 0 Å². The third-order valence-electron chi connectivity index (χ3n) is 3.29. The van der Waals surface area contributed by atoms with Gasteiger partial charge in [0.25, 0.3) is 0 Å². The third kappa shape index (κ3) is 3.12. The second-order valence-electron chi connectivity index (χ2n) is 4.54. The fourth-order valence-corrected chi connectivity index (χ4v) is 2.87. The maximum atomic E-state index is 8.80. The van der Waals surface area contributed by atoms with Gasteiger partial charge in [0.05, 0.1) is 23.9 Å². The molecule has 1 aliphatic heterocycles. The standard InChI is InChI=1S/C15H16INO/c1-11(10-17)12-5-7-13(8-6-12)15-4-2-3-14(9-16)18-15/h5-8,14-15H,1-4,9H2. The fourth-order valence-electron chi connectivity index (χ4n) is 2.22. The van der Waals surface area contributed by atoms with Gasteiger partial charge in [0.1, 0.15) is 0 Å². The summed E-state index contributed by atoms with van der Waals surface area (Å²) in [7, 11) is 0. The van der Waals surface area contributed by atoms with Crippen molar-refractivity contribution >= 4 is 28.2 Å². The fraction of sp³-hybridized carbons (Fsp3) is 0.400. The van der Waals surface area contributed by atoms with E-state index in [9.17, 15) is 0 Å². The van der Waals surface area contributed by atoms with Gasteiger partial charge in [-0.3, -0.25) is 0 Å². The molecule has 0 bridgehead atoms. The summed E-state index contributed by atoms with van der Waals surface area (Å²) >= 11 is 2.38. The molecule has 18 heavy (non-hydrogen) atoms. The Morgan fingerprint density at radius 1 is 1.39 bits per heavy atom. The molecule has 1 heterocycles. The van der Waals surface area contributed by atoms with E-state index in [0.29, 0.717) is 11.7 Å². The first-order valence-electron chi connectivity index (χ1n) is 6.15. The van der Waals surface area contributed by atoms with Crippen LogP contribution >= 0.6 is 22.6 Å². The summed E-state index contributed by atoms with van der Waals surface area (Å²) in [6.07, 6.45) is 4.08. The van der Waals surface area contributed by atoms with Gasteiger partial charge in [0, 0.05) is 4.43 Å². The summed E-state index contributed by atoms with van der Waals surface area (Å²) in [4.78, 5) is 0. The number of hydrogen-bond acceptors (Lipinski definition) is 2. The van der Waals surface area contributed by atoms with Crippen LogP contribution in [0.15, 0.2) is 30.8 Å². The molecule has 1 saturated heterocycles. The number of alkyl halides is 1. The van der Waals surface area contributed by atoms with E-state index in [1.54, 1.807) is 0 Å². The molecular formula is C15H16INO. The first-order chi connectivity index (χ1) is 8.74. The SMILES string of the molecule is C=C(C#N)c1ccc(C2CCCC(CI)O2)cc1. The van der Waals surface area contributed by atoms with Crippen molar-refractivity contribution in [1.29, 1.82) is 5.26 Å². The number of allylic oxidation sites excluding steroid dienone is 1. The Labute approximate surface area is 122 Å². The molecule has 2 rings (SSSR count). The van der Waals surface area contributed by atoms with Crippen molar-refractivity contribution in [2.24, 2.45) is 0 Å². The minimum Gasteiger partial charge on any atom is -0.370 e. The topological polar surface area (TPSA) is 33.0 Å². The van der Waals surface area contributed by atoms with Crippen LogP contribution < -0.4 is 0 Å². The predicted octanol–water partition coefficient (Wildman–Crippen LogP) is 4.27. The highest BCUT2D eigenvalue weighted by Gasteiger charge is 2.22. The lowest BCUT2D eigenvalue weighted by molar-refractivity contribution is -0.0375. The Morgan fingerprint density at radius 3 is 2.72 bits per heavy atom. The molecule has 0 aromatic heterocycles. The van der Waals surface area contributed by atoms with Crippen molar-refractivity contribution in [3.05, 3.63) is 42.0 Å². The molecule has 0 spiro atoms. The van der Waals surface area contributed by atoms with Gasteiger partial charge >= 0.3 is 0 Å². The van der Waals surface area contributed by atoms with E-state index in [1.807, 2.05) is 12.1 Å². The van der Waals surface area contributed by atoms with E-state index < -0.39 is 0 Å². The van der Waals surface area contributed by atoms with E-state index >= 15 is 0 Å². The van der Waals surface area contributed by atoms with Crippen LogP contribution in [0, 0.1) is 11.3 Å². The third-order valence-corrected chi connectivity index (χ3v) is 4.27.